The molecule has 3 N–H and O–H groups in total. The number of benzene rings is 1. The first kappa shape index (κ1) is 16.1. The number of amides is 1. The van der Waals surface area contributed by atoms with Crippen LogP contribution < -0.4 is 11.1 Å². The van der Waals surface area contributed by atoms with Gasteiger partial charge < -0.3 is 16.0 Å². The van der Waals surface area contributed by atoms with Crippen molar-refractivity contribution in [1.29, 1.82) is 0 Å². The van der Waals surface area contributed by atoms with Crippen molar-refractivity contribution in [3.8, 4) is 0 Å². The van der Waals surface area contributed by atoms with Gasteiger partial charge in [0.15, 0.2) is 0 Å². The highest BCUT2D eigenvalue weighted by Gasteiger charge is 2.17. The minimum Gasteiger partial charge on any atom is -0.397 e. The molecule has 2 rings (SSSR count). The van der Waals surface area contributed by atoms with Crippen LogP contribution in [0.25, 0.3) is 0 Å². The molecule has 0 aromatic heterocycles. The molecule has 1 saturated carbocycles. The lowest BCUT2D eigenvalue weighted by molar-refractivity contribution is -0.116. The topological polar surface area (TPSA) is 58.4 Å². The van der Waals surface area contributed by atoms with E-state index in [-0.39, 0.29) is 5.91 Å². The predicted octanol–water partition coefficient (Wildman–Crippen LogP) is 3.37. The molecule has 1 fully saturated rings. The number of nitrogen functional groups attached to an aromatic ring is 1. The molecule has 0 saturated heterocycles. The monoisotopic (exact) mass is 309 g/mol. The van der Waals surface area contributed by atoms with Gasteiger partial charge in [-0.2, -0.15) is 0 Å². The number of carbonyl (C=O) groups excluding carboxylic acids is 1. The average molecular weight is 310 g/mol. The van der Waals surface area contributed by atoms with Crippen LogP contribution in [-0.4, -0.2) is 30.9 Å². The maximum atomic E-state index is 11.9. The molecule has 4 nitrogen and oxygen atoms in total. The highest BCUT2D eigenvalue weighted by atomic mass is 35.5. The van der Waals surface area contributed by atoms with E-state index in [1.807, 2.05) is 0 Å². The zero-order chi connectivity index (χ0) is 15.2. The van der Waals surface area contributed by atoms with E-state index in [4.69, 9.17) is 17.3 Å². The molecule has 1 aromatic carbocycles. The van der Waals surface area contributed by atoms with Gasteiger partial charge >= 0.3 is 0 Å². The van der Waals surface area contributed by atoms with Crippen LogP contribution in [0.5, 0.6) is 0 Å². The van der Waals surface area contributed by atoms with Gasteiger partial charge in [0.25, 0.3) is 0 Å². The molecule has 0 atom stereocenters. The van der Waals surface area contributed by atoms with Gasteiger partial charge in [-0.1, -0.05) is 24.4 Å². The highest BCUT2D eigenvalue weighted by molar-refractivity contribution is 6.33. The van der Waals surface area contributed by atoms with Crippen LogP contribution in [0.3, 0.4) is 0 Å². The van der Waals surface area contributed by atoms with Gasteiger partial charge in [0, 0.05) is 25.2 Å². The number of carbonyl (C=O) groups is 1. The summed E-state index contributed by atoms with van der Waals surface area (Å²) >= 11 is 5.86. The number of hydrogen-bond donors (Lipinski definition) is 2. The summed E-state index contributed by atoms with van der Waals surface area (Å²) in [5.74, 6) is 0.823. The zero-order valence-corrected chi connectivity index (χ0v) is 13.3. The second-order valence-corrected chi connectivity index (χ2v) is 6.35. The molecule has 1 aliphatic rings. The molecule has 0 bridgehead atoms. The number of nitrogens with one attached hydrogen (secondary N) is 1. The van der Waals surface area contributed by atoms with Crippen molar-refractivity contribution >= 4 is 28.9 Å². The van der Waals surface area contributed by atoms with Crippen molar-refractivity contribution in [3.05, 3.63) is 23.2 Å². The van der Waals surface area contributed by atoms with E-state index in [2.05, 4.69) is 17.3 Å². The number of anilines is 2. The summed E-state index contributed by atoms with van der Waals surface area (Å²) in [5.41, 5.74) is 6.89. The fourth-order valence-electron chi connectivity index (χ4n) is 2.86. The van der Waals surface area contributed by atoms with Gasteiger partial charge in [-0.05, 0) is 44.0 Å². The van der Waals surface area contributed by atoms with Crippen molar-refractivity contribution in [2.45, 2.75) is 32.1 Å². The number of rotatable bonds is 6. The van der Waals surface area contributed by atoms with Crippen molar-refractivity contribution < 1.29 is 4.79 Å². The van der Waals surface area contributed by atoms with E-state index in [1.165, 1.54) is 25.7 Å². The molecule has 1 aliphatic carbocycles. The lowest BCUT2D eigenvalue weighted by atomic mass is 10.1. The smallest absolute Gasteiger partial charge is 0.225 e. The SMILES string of the molecule is CN(CCC(=O)Nc1ccc(Cl)c(N)c1)CC1CCCC1. The largest absolute Gasteiger partial charge is 0.397 e. The van der Waals surface area contributed by atoms with E-state index in [9.17, 15) is 4.79 Å². The molecular formula is C16H24ClN3O. The maximum absolute atomic E-state index is 11.9. The van der Waals surface area contributed by atoms with Crippen LogP contribution >= 0.6 is 11.6 Å². The molecule has 0 heterocycles. The Morgan fingerprint density at radius 3 is 2.81 bits per heavy atom. The Balaban J connectivity index is 1.72. The third-order valence-corrected chi connectivity index (χ3v) is 4.39. The Kier molecular flexibility index (Phi) is 5.88. The zero-order valence-electron chi connectivity index (χ0n) is 12.6. The number of hydrogen-bond acceptors (Lipinski definition) is 3. The van der Waals surface area contributed by atoms with Gasteiger partial charge in [-0.25, -0.2) is 0 Å². The van der Waals surface area contributed by atoms with Crippen LogP contribution in [0.15, 0.2) is 18.2 Å². The molecule has 0 spiro atoms. The summed E-state index contributed by atoms with van der Waals surface area (Å²) in [6, 6.07) is 5.14. The second-order valence-electron chi connectivity index (χ2n) is 5.95. The second kappa shape index (κ2) is 7.66. The molecule has 116 valence electrons. The fraction of sp³-hybridized carbons (Fsp3) is 0.562. The van der Waals surface area contributed by atoms with Gasteiger partial charge in [-0.15, -0.1) is 0 Å². The van der Waals surface area contributed by atoms with Gasteiger partial charge in [-0.3, -0.25) is 4.79 Å². The predicted molar refractivity (Wildman–Crippen MR) is 88.6 cm³/mol. The Morgan fingerprint density at radius 1 is 1.43 bits per heavy atom. The van der Waals surface area contributed by atoms with E-state index in [1.54, 1.807) is 18.2 Å². The van der Waals surface area contributed by atoms with Gasteiger partial charge in [0.05, 0.1) is 10.7 Å². The maximum Gasteiger partial charge on any atom is 0.225 e. The first-order valence-electron chi connectivity index (χ1n) is 7.58. The lowest BCUT2D eigenvalue weighted by Crippen LogP contribution is -2.28. The fourth-order valence-corrected chi connectivity index (χ4v) is 2.98. The quantitative estimate of drug-likeness (QED) is 0.792. The summed E-state index contributed by atoms with van der Waals surface area (Å²) in [7, 11) is 2.09. The van der Waals surface area contributed by atoms with E-state index < -0.39 is 0 Å². The molecule has 0 aliphatic heterocycles. The minimum atomic E-state index is 0.00925. The molecule has 0 unspecified atom stereocenters. The van der Waals surface area contributed by atoms with E-state index in [0.717, 1.165) is 19.0 Å². The summed E-state index contributed by atoms with van der Waals surface area (Å²) in [5, 5.41) is 3.36. The number of halogens is 1. The molecule has 5 heteroatoms. The summed E-state index contributed by atoms with van der Waals surface area (Å²) < 4.78 is 0. The van der Waals surface area contributed by atoms with Gasteiger partial charge in [0.1, 0.15) is 0 Å². The normalized spacial score (nSPS) is 15.6. The van der Waals surface area contributed by atoms with Crippen molar-refractivity contribution in [2.24, 2.45) is 5.92 Å². The lowest BCUT2D eigenvalue weighted by Gasteiger charge is -2.20. The third-order valence-electron chi connectivity index (χ3n) is 4.04. The minimum absolute atomic E-state index is 0.00925. The summed E-state index contributed by atoms with van der Waals surface area (Å²) in [4.78, 5) is 14.2. The van der Waals surface area contributed by atoms with Crippen molar-refractivity contribution in [2.75, 3.05) is 31.2 Å². The number of nitrogens with zero attached hydrogens (tertiary/aromatic N) is 1. The molecule has 21 heavy (non-hydrogen) atoms. The van der Waals surface area contributed by atoms with Crippen LogP contribution in [0.4, 0.5) is 11.4 Å². The Morgan fingerprint density at radius 2 is 2.14 bits per heavy atom. The third kappa shape index (κ3) is 5.21. The molecular weight excluding hydrogens is 286 g/mol. The molecule has 1 aromatic rings. The number of nitrogens with two attached hydrogens (primary N) is 1. The van der Waals surface area contributed by atoms with Gasteiger partial charge in [0.2, 0.25) is 5.91 Å². The Labute approximate surface area is 131 Å². The Hall–Kier alpha value is -1.26. The summed E-state index contributed by atoms with van der Waals surface area (Å²) in [6.07, 6.45) is 5.88. The molecule has 1 amide bonds. The first-order valence-corrected chi connectivity index (χ1v) is 7.96. The summed E-state index contributed by atoms with van der Waals surface area (Å²) in [6.45, 7) is 1.88. The van der Waals surface area contributed by atoms with Crippen LogP contribution in [0, 0.1) is 5.92 Å². The standard InChI is InChI=1S/C16H24ClN3O/c1-20(11-12-4-2-3-5-12)9-8-16(21)19-13-6-7-14(17)15(18)10-13/h6-7,10,12H,2-5,8-9,11,18H2,1H3,(H,19,21). The average Bonchev–Trinajstić information content (AvgIpc) is 2.93. The Bertz CT molecular complexity index is 486. The van der Waals surface area contributed by atoms with E-state index in [0.29, 0.717) is 22.8 Å². The first-order chi connectivity index (χ1) is 10.0. The van der Waals surface area contributed by atoms with E-state index >= 15 is 0 Å². The van der Waals surface area contributed by atoms with Crippen LogP contribution in [0.1, 0.15) is 32.1 Å². The van der Waals surface area contributed by atoms with Crippen LogP contribution in [0.2, 0.25) is 5.02 Å². The van der Waals surface area contributed by atoms with Crippen molar-refractivity contribution in [1.82, 2.24) is 4.90 Å². The van der Waals surface area contributed by atoms with Crippen molar-refractivity contribution in [3.63, 3.8) is 0 Å². The van der Waals surface area contributed by atoms with Crippen LogP contribution in [-0.2, 0) is 4.79 Å². The highest BCUT2D eigenvalue weighted by Crippen LogP contribution is 2.25. The molecule has 0 radical (unpaired) electrons.